The molecule has 2 amide bonds. The fourth-order valence-corrected chi connectivity index (χ4v) is 10.7. The first-order chi connectivity index (χ1) is 25.3. The molecule has 14 heteroatoms. The lowest BCUT2D eigenvalue weighted by Gasteiger charge is -2.35. The van der Waals surface area contributed by atoms with Gasteiger partial charge in [-0.2, -0.15) is 0 Å². The minimum Gasteiger partial charge on any atom is -0.457 e. The van der Waals surface area contributed by atoms with Crippen molar-refractivity contribution in [3.05, 3.63) is 51.3 Å². The Kier molecular flexibility index (Phi) is 11.1. The predicted octanol–water partition coefficient (Wildman–Crippen LogP) is 7.24. The monoisotopic (exact) mass is 776 g/mol. The molecule has 298 valence electrons. The Morgan fingerprint density at radius 2 is 1.60 bits per heavy atom. The van der Waals surface area contributed by atoms with Crippen molar-refractivity contribution in [3.63, 3.8) is 0 Å². The van der Waals surface area contributed by atoms with Crippen molar-refractivity contribution in [2.45, 2.75) is 138 Å². The molecule has 2 N–H and O–H groups in total. The van der Waals surface area contributed by atoms with Crippen LogP contribution in [0.3, 0.4) is 0 Å². The number of amides is 2. The quantitative estimate of drug-likeness (QED) is 0.101. The largest absolute Gasteiger partial charge is 0.457 e. The third kappa shape index (κ3) is 9.06. The van der Waals surface area contributed by atoms with Crippen LogP contribution in [0.15, 0.2) is 29.1 Å². The summed E-state index contributed by atoms with van der Waals surface area (Å²) in [5, 5.41) is 7.45. The maximum absolute atomic E-state index is 14.4. The third-order valence-corrected chi connectivity index (χ3v) is 13.2. The van der Waals surface area contributed by atoms with Gasteiger partial charge in [0.2, 0.25) is 5.60 Å². The minimum absolute atomic E-state index is 0.0103. The van der Waals surface area contributed by atoms with Crippen LogP contribution in [0.25, 0.3) is 22.3 Å². The van der Waals surface area contributed by atoms with Gasteiger partial charge in [0.1, 0.15) is 17.8 Å². The highest BCUT2D eigenvalue weighted by atomic mass is 28.3. The van der Waals surface area contributed by atoms with Crippen molar-refractivity contribution in [2.75, 3.05) is 11.9 Å². The molecule has 0 saturated heterocycles. The van der Waals surface area contributed by atoms with E-state index in [4.69, 9.17) is 23.9 Å². The van der Waals surface area contributed by atoms with Crippen LogP contribution in [0.1, 0.15) is 105 Å². The van der Waals surface area contributed by atoms with Gasteiger partial charge in [-0.3, -0.25) is 14.9 Å². The lowest BCUT2D eigenvalue weighted by Crippen LogP contribution is -2.48. The second-order valence-corrected chi connectivity index (χ2v) is 23.1. The molecule has 2 aliphatic heterocycles. The smallest absolute Gasteiger partial charge is 0.412 e. The summed E-state index contributed by atoms with van der Waals surface area (Å²) in [4.78, 5) is 71.3. The van der Waals surface area contributed by atoms with Gasteiger partial charge in [0.15, 0.2) is 0 Å². The summed E-state index contributed by atoms with van der Waals surface area (Å²) in [7, 11) is -2.29. The number of alkyl carbamates (subject to hydrolysis) is 1. The number of benzene rings is 1. The molecular weight excluding hydrogens is 721 g/mol. The second-order valence-electron chi connectivity index (χ2n) is 18.3. The van der Waals surface area contributed by atoms with E-state index in [0.29, 0.717) is 22.6 Å². The average Bonchev–Trinajstić information content (AvgIpc) is 3.40. The zero-order chi connectivity index (χ0) is 40.9. The summed E-state index contributed by atoms with van der Waals surface area (Å²) in [6.45, 7) is 23.5. The molecule has 1 aromatic carbocycles. The summed E-state index contributed by atoms with van der Waals surface area (Å²) in [5.41, 5.74) is 0.325. The topological polar surface area (TPSA) is 164 Å². The molecule has 2 aliphatic rings. The van der Waals surface area contributed by atoms with E-state index in [1.54, 1.807) is 44.4 Å². The molecule has 4 heterocycles. The Hall–Kier alpha value is -4.72. The Bertz CT molecular complexity index is 2100. The molecule has 0 radical (unpaired) electrons. The van der Waals surface area contributed by atoms with Crippen molar-refractivity contribution < 1.29 is 38.1 Å². The summed E-state index contributed by atoms with van der Waals surface area (Å²) in [6.07, 6.45) is -0.496. The van der Waals surface area contributed by atoms with Gasteiger partial charge in [0.25, 0.3) is 5.56 Å². The van der Waals surface area contributed by atoms with Gasteiger partial charge >= 0.3 is 24.1 Å². The van der Waals surface area contributed by atoms with Crippen LogP contribution in [0.2, 0.25) is 19.1 Å². The number of ether oxygens (including phenoxy) is 4. The fourth-order valence-electron chi connectivity index (χ4n) is 7.15. The van der Waals surface area contributed by atoms with Crippen molar-refractivity contribution >= 4 is 54.0 Å². The van der Waals surface area contributed by atoms with E-state index in [0.717, 1.165) is 28.6 Å². The van der Waals surface area contributed by atoms with Crippen LogP contribution < -0.4 is 21.4 Å². The van der Waals surface area contributed by atoms with Gasteiger partial charge < -0.3 is 28.8 Å². The van der Waals surface area contributed by atoms with Gasteiger partial charge in [0, 0.05) is 23.2 Å². The van der Waals surface area contributed by atoms with Gasteiger partial charge in [0.05, 0.1) is 43.5 Å². The molecule has 55 heavy (non-hydrogen) atoms. The normalized spacial score (nSPS) is 16.8. The van der Waals surface area contributed by atoms with Crippen LogP contribution in [0, 0.1) is 5.41 Å². The van der Waals surface area contributed by atoms with Crippen LogP contribution in [0.5, 0.6) is 0 Å². The number of aromatic nitrogens is 2. The molecule has 5 rings (SSSR count). The standard InChI is InChI=1S/C41H56N4O9Si/c1-13-41(52-31(46)16-18-42-36(49)53-39(5,6)7)28-21-30-32-26(22-45(30)34(47)27(28)23-51-35(41)48)33(55(11,12)19-17-38(2,3)4)25-20-24(14-15-29(25)44-32)43-37(50)54-40(8,9)10/h14-15,20-21H,13,16-19,22-23H2,1-12H3,(H,42,49)(H,43,50). The summed E-state index contributed by atoms with van der Waals surface area (Å²) < 4.78 is 23.9. The van der Waals surface area contributed by atoms with Gasteiger partial charge in [-0.1, -0.05) is 53.3 Å². The number of pyridine rings is 2. The van der Waals surface area contributed by atoms with Gasteiger partial charge in [-0.05, 0) is 88.4 Å². The van der Waals surface area contributed by atoms with Gasteiger partial charge in [-0.25, -0.2) is 19.4 Å². The number of carbonyl (C=O) groups is 4. The predicted molar refractivity (Wildman–Crippen MR) is 213 cm³/mol. The number of nitrogens with zero attached hydrogens (tertiary/aromatic N) is 2. The molecule has 0 saturated carbocycles. The second kappa shape index (κ2) is 14.7. The van der Waals surface area contributed by atoms with Crippen molar-refractivity contribution in [3.8, 4) is 11.4 Å². The van der Waals surface area contributed by atoms with E-state index in [9.17, 15) is 24.0 Å². The SMILES string of the molecule is CCC1(OC(=O)CCNC(=O)OC(C)(C)C)C(=O)OCc2c1cc1n(c2=O)Cc2c-1nc1ccc(NC(=O)OC(C)(C)C)cc1c2[Si](C)(C)CCC(C)(C)C. The van der Waals surface area contributed by atoms with Gasteiger partial charge in [-0.15, -0.1) is 0 Å². The van der Waals surface area contributed by atoms with Crippen LogP contribution in [0.4, 0.5) is 15.3 Å². The number of cyclic esters (lactones) is 1. The first-order valence-corrected chi connectivity index (χ1v) is 22.2. The number of esters is 2. The molecule has 1 atom stereocenters. The molecule has 0 bridgehead atoms. The number of nitrogens with one attached hydrogen (secondary N) is 2. The highest BCUT2D eigenvalue weighted by molar-refractivity contribution is 6.91. The number of carbonyl (C=O) groups excluding carboxylic acids is 4. The lowest BCUT2D eigenvalue weighted by molar-refractivity contribution is -0.189. The van der Waals surface area contributed by atoms with E-state index in [2.05, 4.69) is 44.5 Å². The average molecular weight is 777 g/mol. The molecule has 13 nitrogen and oxygen atoms in total. The summed E-state index contributed by atoms with van der Waals surface area (Å²) in [6, 6.07) is 8.30. The van der Waals surface area contributed by atoms with E-state index >= 15 is 0 Å². The molecule has 2 aromatic heterocycles. The molecule has 3 aromatic rings. The first kappa shape index (κ1) is 41.4. The van der Waals surface area contributed by atoms with E-state index in [-0.39, 0.29) is 54.6 Å². The lowest BCUT2D eigenvalue weighted by atomic mass is 9.85. The van der Waals surface area contributed by atoms with E-state index < -0.39 is 49.0 Å². The Labute approximate surface area is 323 Å². The number of hydrogen-bond acceptors (Lipinski definition) is 10. The van der Waals surface area contributed by atoms with Crippen LogP contribution in [-0.4, -0.2) is 59.5 Å². The van der Waals surface area contributed by atoms with Crippen molar-refractivity contribution in [2.24, 2.45) is 5.41 Å². The molecule has 0 spiro atoms. The number of anilines is 1. The summed E-state index contributed by atoms with van der Waals surface area (Å²) in [5.74, 6) is -1.52. The molecular formula is C41H56N4O9Si. The molecule has 0 fully saturated rings. The number of rotatable bonds is 9. The number of hydrogen-bond donors (Lipinski definition) is 2. The van der Waals surface area contributed by atoms with Crippen molar-refractivity contribution in [1.29, 1.82) is 0 Å². The maximum Gasteiger partial charge on any atom is 0.412 e. The third-order valence-electron chi connectivity index (χ3n) is 9.76. The maximum atomic E-state index is 14.4. The van der Waals surface area contributed by atoms with Crippen molar-refractivity contribution in [1.82, 2.24) is 14.9 Å². The highest BCUT2D eigenvalue weighted by Crippen LogP contribution is 2.42. The van der Waals surface area contributed by atoms with E-state index in [1.807, 2.05) is 32.9 Å². The molecule has 0 aliphatic carbocycles. The van der Waals surface area contributed by atoms with E-state index in [1.165, 1.54) is 0 Å². The zero-order valence-corrected chi connectivity index (χ0v) is 35.3. The molecule has 1 unspecified atom stereocenters. The summed E-state index contributed by atoms with van der Waals surface area (Å²) >= 11 is 0. The Balaban J connectivity index is 1.60. The zero-order valence-electron chi connectivity index (χ0n) is 34.3. The number of fused-ring (bicyclic) bond motifs is 5. The van der Waals surface area contributed by atoms with Crippen LogP contribution >= 0.6 is 0 Å². The minimum atomic E-state index is -2.29. The first-order valence-electron chi connectivity index (χ1n) is 18.9. The fraction of sp³-hybridized carbons (Fsp3) is 0.561. The Morgan fingerprint density at radius 3 is 2.22 bits per heavy atom. The highest BCUT2D eigenvalue weighted by Gasteiger charge is 2.50. The van der Waals surface area contributed by atoms with Crippen LogP contribution in [-0.2, 0) is 47.3 Å². The Morgan fingerprint density at radius 1 is 0.945 bits per heavy atom.